The first-order chi connectivity index (χ1) is 14.6. The first-order valence-electron chi connectivity index (χ1n) is 9.13. The second-order valence-corrected chi connectivity index (χ2v) is 7.49. The quantitative estimate of drug-likeness (QED) is 0.443. The van der Waals surface area contributed by atoms with Crippen LogP contribution >= 0.6 is 11.8 Å². The normalized spacial score (nSPS) is 10.7. The van der Waals surface area contributed by atoms with Gasteiger partial charge in [0.2, 0.25) is 11.7 Å². The van der Waals surface area contributed by atoms with Crippen LogP contribution in [0.5, 0.6) is 0 Å². The van der Waals surface area contributed by atoms with Gasteiger partial charge in [-0.1, -0.05) is 53.3 Å². The summed E-state index contributed by atoms with van der Waals surface area (Å²) in [6, 6.07) is 17.8. The highest BCUT2D eigenvalue weighted by atomic mass is 32.2. The van der Waals surface area contributed by atoms with Crippen molar-refractivity contribution in [1.29, 1.82) is 0 Å². The molecular formula is C22H17FN4O2S. The van der Waals surface area contributed by atoms with Crippen molar-refractivity contribution in [1.82, 2.24) is 15.1 Å². The molecule has 0 bridgehead atoms. The van der Waals surface area contributed by atoms with Crippen LogP contribution in [-0.4, -0.2) is 26.8 Å². The van der Waals surface area contributed by atoms with Crippen molar-refractivity contribution in [2.45, 2.75) is 11.9 Å². The van der Waals surface area contributed by atoms with Gasteiger partial charge in [0.25, 0.3) is 5.89 Å². The van der Waals surface area contributed by atoms with E-state index in [0.717, 1.165) is 11.1 Å². The molecule has 8 heteroatoms. The molecule has 1 amide bonds. The molecular weight excluding hydrogens is 403 g/mol. The fourth-order valence-corrected chi connectivity index (χ4v) is 3.33. The smallest absolute Gasteiger partial charge is 0.259 e. The number of carbonyl (C=O) groups is 1. The Kier molecular flexibility index (Phi) is 5.85. The van der Waals surface area contributed by atoms with Gasteiger partial charge in [-0.05, 0) is 36.8 Å². The lowest BCUT2D eigenvalue weighted by molar-refractivity contribution is -0.113. The third kappa shape index (κ3) is 4.72. The van der Waals surface area contributed by atoms with Gasteiger partial charge in [0.1, 0.15) is 5.82 Å². The lowest BCUT2D eigenvalue weighted by atomic mass is 10.2. The summed E-state index contributed by atoms with van der Waals surface area (Å²) < 4.78 is 19.2. The molecule has 0 saturated carbocycles. The number of nitrogens with one attached hydrogen (secondary N) is 1. The number of anilines is 1. The number of benzene rings is 2. The van der Waals surface area contributed by atoms with E-state index >= 15 is 0 Å². The van der Waals surface area contributed by atoms with Gasteiger partial charge in [-0.3, -0.25) is 4.79 Å². The summed E-state index contributed by atoms with van der Waals surface area (Å²) in [5.74, 6) is 0.219. The Balaban J connectivity index is 1.36. The van der Waals surface area contributed by atoms with E-state index in [1.54, 1.807) is 37.4 Å². The van der Waals surface area contributed by atoms with Crippen LogP contribution in [0.4, 0.5) is 10.1 Å². The Bertz CT molecular complexity index is 1160. The summed E-state index contributed by atoms with van der Waals surface area (Å²) >= 11 is 1.25. The number of hydrogen-bond acceptors (Lipinski definition) is 6. The molecule has 0 unspecified atom stereocenters. The van der Waals surface area contributed by atoms with Crippen molar-refractivity contribution >= 4 is 23.4 Å². The third-order valence-electron chi connectivity index (χ3n) is 4.19. The van der Waals surface area contributed by atoms with Crippen molar-refractivity contribution in [3.05, 3.63) is 78.2 Å². The van der Waals surface area contributed by atoms with E-state index in [-0.39, 0.29) is 17.3 Å². The summed E-state index contributed by atoms with van der Waals surface area (Å²) in [7, 11) is 0. The van der Waals surface area contributed by atoms with Crippen LogP contribution in [0.3, 0.4) is 0 Å². The van der Waals surface area contributed by atoms with Gasteiger partial charge >= 0.3 is 0 Å². The zero-order valence-corrected chi connectivity index (χ0v) is 16.8. The molecule has 6 nitrogen and oxygen atoms in total. The number of amides is 1. The standard InChI is InChI=1S/C22H17FN4O2S/c1-14-7-9-18(17(23)11-14)25-19(28)13-30-20-10-8-16(12-24-20)22-26-21(27-29-22)15-5-3-2-4-6-15/h2-12H,13H2,1H3,(H,25,28). The SMILES string of the molecule is Cc1ccc(NC(=O)CSc2ccc(-c3nc(-c4ccccc4)no3)cn2)c(F)c1. The number of thioether (sulfide) groups is 1. The summed E-state index contributed by atoms with van der Waals surface area (Å²) in [5.41, 5.74) is 2.50. The zero-order chi connectivity index (χ0) is 20.9. The van der Waals surface area contributed by atoms with Gasteiger partial charge in [0.05, 0.1) is 22.0 Å². The number of aromatic nitrogens is 3. The molecule has 0 aliphatic carbocycles. The van der Waals surface area contributed by atoms with Crippen LogP contribution in [0.2, 0.25) is 0 Å². The molecule has 0 aliphatic rings. The minimum atomic E-state index is -0.453. The van der Waals surface area contributed by atoms with E-state index in [4.69, 9.17) is 4.52 Å². The Morgan fingerprint density at radius 2 is 1.93 bits per heavy atom. The molecule has 2 aromatic carbocycles. The maximum atomic E-state index is 13.8. The monoisotopic (exact) mass is 420 g/mol. The van der Waals surface area contributed by atoms with Crippen molar-refractivity contribution in [2.24, 2.45) is 0 Å². The van der Waals surface area contributed by atoms with Crippen LogP contribution in [0.15, 0.2) is 76.4 Å². The van der Waals surface area contributed by atoms with Crippen molar-refractivity contribution < 1.29 is 13.7 Å². The van der Waals surface area contributed by atoms with Gasteiger partial charge < -0.3 is 9.84 Å². The highest BCUT2D eigenvalue weighted by molar-refractivity contribution is 7.99. The van der Waals surface area contributed by atoms with Crippen LogP contribution in [-0.2, 0) is 4.79 Å². The molecule has 0 fully saturated rings. The number of aryl methyl sites for hydroxylation is 1. The lowest BCUT2D eigenvalue weighted by Crippen LogP contribution is -2.15. The van der Waals surface area contributed by atoms with E-state index in [2.05, 4.69) is 20.4 Å². The number of rotatable bonds is 6. The Morgan fingerprint density at radius 3 is 2.67 bits per heavy atom. The predicted octanol–water partition coefficient (Wildman–Crippen LogP) is 4.98. The van der Waals surface area contributed by atoms with E-state index < -0.39 is 5.82 Å². The third-order valence-corrected chi connectivity index (χ3v) is 5.13. The van der Waals surface area contributed by atoms with Crippen LogP contribution in [0.1, 0.15) is 5.56 Å². The van der Waals surface area contributed by atoms with E-state index in [1.807, 2.05) is 30.3 Å². The Labute approximate surface area is 176 Å². The topological polar surface area (TPSA) is 80.9 Å². The molecule has 150 valence electrons. The average Bonchev–Trinajstić information content (AvgIpc) is 3.26. The molecule has 2 aromatic heterocycles. The molecule has 30 heavy (non-hydrogen) atoms. The van der Waals surface area contributed by atoms with Crippen molar-refractivity contribution in [2.75, 3.05) is 11.1 Å². The average molecular weight is 420 g/mol. The van der Waals surface area contributed by atoms with E-state index in [1.165, 1.54) is 17.8 Å². The summed E-state index contributed by atoms with van der Waals surface area (Å²) in [6.45, 7) is 1.79. The molecule has 4 aromatic rings. The Hall–Kier alpha value is -3.52. The first-order valence-corrected chi connectivity index (χ1v) is 10.1. The lowest BCUT2D eigenvalue weighted by Gasteiger charge is -2.07. The largest absolute Gasteiger partial charge is 0.334 e. The molecule has 1 N–H and O–H groups in total. The minimum absolute atomic E-state index is 0.109. The molecule has 4 rings (SSSR count). The number of pyridine rings is 1. The number of hydrogen-bond donors (Lipinski definition) is 1. The van der Waals surface area contributed by atoms with Gasteiger partial charge in [-0.25, -0.2) is 9.37 Å². The number of carbonyl (C=O) groups excluding carboxylic acids is 1. The fourth-order valence-electron chi connectivity index (χ4n) is 2.68. The van der Waals surface area contributed by atoms with Gasteiger partial charge in [-0.2, -0.15) is 4.98 Å². The van der Waals surface area contributed by atoms with Crippen molar-refractivity contribution in [3.8, 4) is 22.8 Å². The van der Waals surface area contributed by atoms with E-state index in [9.17, 15) is 9.18 Å². The van der Waals surface area contributed by atoms with E-state index in [0.29, 0.717) is 22.3 Å². The molecule has 0 saturated heterocycles. The van der Waals surface area contributed by atoms with Gasteiger partial charge in [0, 0.05) is 11.8 Å². The number of halogens is 1. The van der Waals surface area contributed by atoms with Gasteiger partial charge in [-0.15, -0.1) is 0 Å². The summed E-state index contributed by atoms with van der Waals surface area (Å²) in [4.78, 5) is 20.8. The maximum Gasteiger partial charge on any atom is 0.259 e. The minimum Gasteiger partial charge on any atom is -0.334 e. The zero-order valence-electron chi connectivity index (χ0n) is 16.0. The fraction of sp³-hybridized carbons (Fsp3) is 0.0909. The maximum absolute atomic E-state index is 13.8. The molecule has 2 heterocycles. The molecule has 0 aliphatic heterocycles. The molecule has 0 radical (unpaired) electrons. The highest BCUT2D eigenvalue weighted by Gasteiger charge is 2.12. The van der Waals surface area contributed by atoms with Crippen molar-refractivity contribution in [3.63, 3.8) is 0 Å². The predicted molar refractivity (Wildman–Crippen MR) is 113 cm³/mol. The molecule has 0 atom stereocenters. The number of nitrogens with zero attached hydrogens (tertiary/aromatic N) is 3. The van der Waals surface area contributed by atoms with Crippen LogP contribution in [0.25, 0.3) is 22.8 Å². The Morgan fingerprint density at radius 1 is 1.10 bits per heavy atom. The second kappa shape index (κ2) is 8.87. The molecule has 0 spiro atoms. The summed E-state index contributed by atoms with van der Waals surface area (Å²) in [6.07, 6.45) is 1.61. The van der Waals surface area contributed by atoms with Crippen LogP contribution < -0.4 is 5.32 Å². The van der Waals surface area contributed by atoms with Crippen LogP contribution in [0, 0.1) is 12.7 Å². The second-order valence-electron chi connectivity index (χ2n) is 6.49. The summed E-state index contributed by atoms with van der Waals surface area (Å²) in [5, 5.41) is 7.22. The highest BCUT2D eigenvalue weighted by Crippen LogP contribution is 2.24. The van der Waals surface area contributed by atoms with Gasteiger partial charge in [0.15, 0.2) is 0 Å². The first kappa shape index (κ1) is 19.8.